The van der Waals surface area contributed by atoms with E-state index >= 15 is 0 Å². The third-order valence-corrected chi connectivity index (χ3v) is 4.52. The van der Waals surface area contributed by atoms with E-state index in [1.54, 1.807) is 0 Å². The van der Waals surface area contributed by atoms with E-state index in [1.807, 2.05) is 12.1 Å². The Hall–Kier alpha value is -0.570. The molecule has 1 N–H and O–H groups in total. The Morgan fingerprint density at radius 1 is 1.25 bits per heavy atom. The molecule has 3 heteroatoms. The van der Waals surface area contributed by atoms with Crippen molar-refractivity contribution < 1.29 is 0 Å². The average molecular weight is 295 g/mol. The van der Waals surface area contributed by atoms with Gasteiger partial charge < -0.3 is 10.2 Å². The summed E-state index contributed by atoms with van der Waals surface area (Å²) < 4.78 is 0. The van der Waals surface area contributed by atoms with Gasteiger partial charge in [-0.3, -0.25) is 0 Å². The van der Waals surface area contributed by atoms with Gasteiger partial charge in [-0.25, -0.2) is 0 Å². The second-order valence-corrected chi connectivity index (χ2v) is 6.35. The first-order valence-corrected chi connectivity index (χ1v) is 8.30. The molecule has 1 unspecified atom stereocenters. The Morgan fingerprint density at radius 3 is 2.50 bits per heavy atom. The minimum absolute atomic E-state index is 0.402. The molecule has 0 spiro atoms. The van der Waals surface area contributed by atoms with Crippen LogP contribution in [0.3, 0.4) is 0 Å². The lowest BCUT2D eigenvalue weighted by Crippen LogP contribution is -2.43. The Bertz CT molecular complexity index is 382. The van der Waals surface area contributed by atoms with Gasteiger partial charge >= 0.3 is 0 Å². The number of unbranched alkanes of at least 4 members (excludes halogenated alkanes) is 1. The highest BCUT2D eigenvalue weighted by Crippen LogP contribution is 2.19. The molecule has 0 bridgehead atoms. The van der Waals surface area contributed by atoms with Gasteiger partial charge in [0.1, 0.15) is 0 Å². The lowest BCUT2D eigenvalue weighted by atomic mass is 10.0. The molecule has 1 aromatic rings. The molecule has 1 atom stereocenters. The largest absolute Gasteiger partial charge is 0.307 e. The Morgan fingerprint density at radius 2 is 1.90 bits per heavy atom. The van der Waals surface area contributed by atoms with Gasteiger partial charge in [0.25, 0.3) is 0 Å². The molecule has 1 fully saturated rings. The molecule has 1 aliphatic heterocycles. The quantitative estimate of drug-likeness (QED) is 0.843. The second kappa shape index (κ2) is 8.02. The molecule has 1 aromatic carbocycles. The van der Waals surface area contributed by atoms with Crippen LogP contribution in [0.4, 0.5) is 0 Å². The van der Waals surface area contributed by atoms with Crippen molar-refractivity contribution in [1.82, 2.24) is 10.2 Å². The topological polar surface area (TPSA) is 15.3 Å². The molecular weight excluding hydrogens is 268 g/mol. The van der Waals surface area contributed by atoms with Gasteiger partial charge in [0, 0.05) is 17.1 Å². The van der Waals surface area contributed by atoms with E-state index in [1.165, 1.54) is 50.9 Å². The van der Waals surface area contributed by atoms with Crippen LogP contribution in [0.15, 0.2) is 24.3 Å². The summed E-state index contributed by atoms with van der Waals surface area (Å²) in [4.78, 5) is 2.61. The highest BCUT2D eigenvalue weighted by atomic mass is 35.5. The van der Waals surface area contributed by atoms with Crippen LogP contribution in [0.25, 0.3) is 0 Å². The molecule has 2 nitrogen and oxygen atoms in total. The predicted molar refractivity (Wildman–Crippen MR) is 87.4 cm³/mol. The number of piperidine rings is 1. The van der Waals surface area contributed by atoms with Crippen LogP contribution in [0, 0.1) is 0 Å². The highest BCUT2D eigenvalue weighted by molar-refractivity contribution is 6.30. The Labute approximate surface area is 128 Å². The zero-order chi connectivity index (χ0) is 14.4. The van der Waals surface area contributed by atoms with Crippen molar-refractivity contribution in [1.29, 1.82) is 0 Å². The smallest absolute Gasteiger partial charge is 0.0406 e. The first kappa shape index (κ1) is 15.8. The van der Waals surface area contributed by atoms with Crippen molar-refractivity contribution in [3.63, 3.8) is 0 Å². The monoisotopic (exact) mass is 294 g/mol. The molecule has 1 heterocycles. The molecule has 2 rings (SSSR count). The molecule has 0 aliphatic carbocycles. The van der Waals surface area contributed by atoms with Gasteiger partial charge in [0.05, 0.1) is 0 Å². The fraction of sp³-hybridized carbons (Fsp3) is 0.647. The third-order valence-electron chi connectivity index (χ3n) is 4.27. The normalized spacial score (nSPS) is 19.1. The van der Waals surface area contributed by atoms with E-state index in [0.29, 0.717) is 12.1 Å². The maximum Gasteiger partial charge on any atom is 0.0406 e. The molecule has 0 saturated carbocycles. The summed E-state index contributed by atoms with van der Waals surface area (Å²) in [5.74, 6) is 0. The number of rotatable bonds is 6. The molecule has 0 aromatic heterocycles. The van der Waals surface area contributed by atoms with E-state index in [2.05, 4.69) is 36.2 Å². The highest BCUT2D eigenvalue weighted by Gasteiger charge is 2.20. The van der Waals surface area contributed by atoms with Crippen molar-refractivity contribution in [2.24, 2.45) is 0 Å². The maximum absolute atomic E-state index is 5.94. The van der Waals surface area contributed by atoms with Crippen molar-refractivity contribution in [2.45, 2.75) is 51.6 Å². The molecule has 0 amide bonds. The van der Waals surface area contributed by atoms with Crippen molar-refractivity contribution >= 4 is 11.6 Å². The van der Waals surface area contributed by atoms with Gasteiger partial charge in [-0.2, -0.15) is 0 Å². The Kier molecular flexibility index (Phi) is 6.34. The third kappa shape index (κ3) is 4.76. The summed E-state index contributed by atoms with van der Waals surface area (Å²) in [6, 6.07) is 9.25. The van der Waals surface area contributed by atoms with Crippen LogP contribution in [-0.4, -0.2) is 30.6 Å². The van der Waals surface area contributed by atoms with Crippen LogP contribution >= 0.6 is 11.6 Å². The van der Waals surface area contributed by atoms with Crippen LogP contribution in [0.2, 0.25) is 5.02 Å². The van der Waals surface area contributed by atoms with Gasteiger partial charge in [-0.15, -0.1) is 0 Å². The van der Waals surface area contributed by atoms with Gasteiger partial charge in [-0.1, -0.05) is 37.1 Å². The van der Waals surface area contributed by atoms with Gasteiger partial charge in [0.2, 0.25) is 0 Å². The summed E-state index contributed by atoms with van der Waals surface area (Å²) in [6.07, 6.45) is 5.16. The molecule has 1 aliphatic rings. The van der Waals surface area contributed by atoms with E-state index in [-0.39, 0.29) is 0 Å². The summed E-state index contributed by atoms with van der Waals surface area (Å²) in [6.45, 7) is 8.26. The van der Waals surface area contributed by atoms with Crippen molar-refractivity contribution in [3.8, 4) is 0 Å². The molecule has 20 heavy (non-hydrogen) atoms. The summed E-state index contributed by atoms with van der Waals surface area (Å²) in [5.41, 5.74) is 1.32. The van der Waals surface area contributed by atoms with Crippen LogP contribution < -0.4 is 5.32 Å². The zero-order valence-corrected chi connectivity index (χ0v) is 13.5. The van der Waals surface area contributed by atoms with E-state index in [4.69, 9.17) is 11.6 Å². The minimum atomic E-state index is 0.402. The summed E-state index contributed by atoms with van der Waals surface area (Å²) in [5, 5.41) is 4.57. The molecular formula is C17H27ClN2. The standard InChI is InChI=1S/C17H27ClN2/c1-3-4-11-20-12-9-17(10-13-20)19-14(2)15-5-7-16(18)8-6-15/h5-8,14,17,19H,3-4,9-13H2,1-2H3. The van der Waals surface area contributed by atoms with E-state index in [9.17, 15) is 0 Å². The van der Waals surface area contributed by atoms with E-state index < -0.39 is 0 Å². The molecule has 0 radical (unpaired) electrons. The number of hydrogen-bond acceptors (Lipinski definition) is 2. The van der Waals surface area contributed by atoms with Crippen molar-refractivity contribution in [2.75, 3.05) is 19.6 Å². The lowest BCUT2D eigenvalue weighted by Gasteiger charge is -2.34. The number of nitrogens with zero attached hydrogens (tertiary/aromatic N) is 1. The summed E-state index contributed by atoms with van der Waals surface area (Å²) in [7, 11) is 0. The number of halogens is 1. The summed E-state index contributed by atoms with van der Waals surface area (Å²) >= 11 is 5.94. The average Bonchev–Trinajstić information content (AvgIpc) is 2.47. The van der Waals surface area contributed by atoms with Crippen LogP contribution in [-0.2, 0) is 0 Å². The number of likely N-dealkylation sites (tertiary alicyclic amines) is 1. The van der Waals surface area contributed by atoms with Crippen molar-refractivity contribution in [3.05, 3.63) is 34.9 Å². The molecule has 1 saturated heterocycles. The lowest BCUT2D eigenvalue weighted by molar-refractivity contribution is 0.190. The maximum atomic E-state index is 5.94. The van der Waals surface area contributed by atoms with Gasteiger partial charge in [0.15, 0.2) is 0 Å². The predicted octanol–water partition coefficient (Wildman–Crippen LogP) is 4.26. The van der Waals surface area contributed by atoms with E-state index in [0.717, 1.165) is 5.02 Å². The SMILES string of the molecule is CCCCN1CCC(NC(C)c2ccc(Cl)cc2)CC1. The van der Waals surface area contributed by atoms with Crippen LogP contribution in [0.1, 0.15) is 51.1 Å². The first-order valence-electron chi connectivity index (χ1n) is 7.93. The number of benzene rings is 1. The number of hydrogen-bond donors (Lipinski definition) is 1. The molecule has 112 valence electrons. The zero-order valence-electron chi connectivity index (χ0n) is 12.7. The second-order valence-electron chi connectivity index (χ2n) is 5.91. The van der Waals surface area contributed by atoms with Gasteiger partial charge in [-0.05, 0) is 63.5 Å². The fourth-order valence-electron chi connectivity index (χ4n) is 2.91. The number of nitrogens with one attached hydrogen (secondary N) is 1. The fourth-order valence-corrected chi connectivity index (χ4v) is 3.03. The Balaban J connectivity index is 1.76. The minimum Gasteiger partial charge on any atom is -0.307 e. The van der Waals surface area contributed by atoms with Crippen LogP contribution in [0.5, 0.6) is 0 Å². The first-order chi connectivity index (χ1) is 9.69.